The van der Waals surface area contributed by atoms with Gasteiger partial charge in [-0.1, -0.05) is 29.8 Å². The third-order valence-corrected chi connectivity index (χ3v) is 5.62. The summed E-state index contributed by atoms with van der Waals surface area (Å²) >= 11 is 5.74. The molecule has 0 aromatic heterocycles. The van der Waals surface area contributed by atoms with Crippen LogP contribution in [0.4, 0.5) is 13.2 Å². The van der Waals surface area contributed by atoms with E-state index in [4.69, 9.17) is 11.6 Å². The van der Waals surface area contributed by atoms with E-state index >= 15 is 0 Å². The lowest BCUT2D eigenvalue weighted by atomic mass is 9.98. The van der Waals surface area contributed by atoms with Gasteiger partial charge in [-0.2, -0.15) is 13.2 Å². The smallest absolute Gasteiger partial charge is 0.384 e. The fraction of sp³-hybridized carbons (Fsp3) is 0.250. The summed E-state index contributed by atoms with van der Waals surface area (Å²) in [6, 6.07) is 9.34. The van der Waals surface area contributed by atoms with Crippen LogP contribution in [-0.2, 0) is 21.6 Å². The Kier molecular flexibility index (Phi) is 4.99. The van der Waals surface area contributed by atoms with Crippen LogP contribution >= 0.6 is 11.6 Å². The second-order valence-corrected chi connectivity index (χ2v) is 7.99. The maximum atomic E-state index is 12.7. The molecule has 3 nitrogen and oxygen atoms in total. The first-order valence-electron chi connectivity index (χ1n) is 6.80. The summed E-state index contributed by atoms with van der Waals surface area (Å²) in [4.78, 5) is -0.494. The van der Waals surface area contributed by atoms with E-state index in [-0.39, 0.29) is 0 Å². The normalized spacial score (nSPS) is 15.1. The van der Waals surface area contributed by atoms with Crippen molar-refractivity contribution in [2.75, 3.05) is 5.75 Å². The van der Waals surface area contributed by atoms with Crippen LogP contribution in [0.2, 0.25) is 5.02 Å². The second kappa shape index (κ2) is 6.38. The Labute approximate surface area is 142 Å². The van der Waals surface area contributed by atoms with E-state index < -0.39 is 37.8 Å². The molecule has 1 N–H and O–H groups in total. The fourth-order valence-corrected chi connectivity index (χ4v) is 4.00. The van der Waals surface area contributed by atoms with Gasteiger partial charge in [0.25, 0.3) is 0 Å². The van der Waals surface area contributed by atoms with Crippen LogP contribution in [0.5, 0.6) is 0 Å². The van der Waals surface area contributed by atoms with Gasteiger partial charge in [-0.3, -0.25) is 0 Å². The van der Waals surface area contributed by atoms with Gasteiger partial charge in [0.2, 0.25) is 0 Å². The molecule has 1 atom stereocenters. The highest BCUT2D eigenvalue weighted by atomic mass is 35.5. The van der Waals surface area contributed by atoms with Gasteiger partial charge >= 0.3 is 6.18 Å². The van der Waals surface area contributed by atoms with Gasteiger partial charge in [0.05, 0.1) is 16.2 Å². The van der Waals surface area contributed by atoms with Gasteiger partial charge in [-0.25, -0.2) is 8.42 Å². The van der Waals surface area contributed by atoms with E-state index in [0.717, 1.165) is 18.2 Å². The molecule has 0 fully saturated rings. The summed E-state index contributed by atoms with van der Waals surface area (Å²) in [5, 5.41) is 10.9. The minimum atomic E-state index is -4.65. The highest BCUT2D eigenvalue weighted by molar-refractivity contribution is 7.91. The Morgan fingerprint density at radius 2 is 1.62 bits per heavy atom. The summed E-state index contributed by atoms with van der Waals surface area (Å²) in [6.07, 6.45) is -4.65. The Bertz CT molecular complexity index is 828. The lowest BCUT2D eigenvalue weighted by molar-refractivity contribution is -0.137. The molecule has 0 aliphatic carbocycles. The van der Waals surface area contributed by atoms with Gasteiger partial charge in [0, 0.05) is 5.02 Å². The van der Waals surface area contributed by atoms with E-state index in [0.29, 0.717) is 16.7 Å². The van der Waals surface area contributed by atoms with Crippen molar-refractivity contribution in [2.45, 2.75) is 23.6 Å². The first kappa shape index (κ1) is 18.8. The fourth-order valence-electron chi connectivity index (χ4n) is 2.21. The van der Waals surface area contributed by atoms with Crippen LogP contribution < -0.4 is 0 Å². The third-order valence-electron chi connectivity index (χ3n) is 3.46. The second-order valence-electron chi connectivity index (χ2n) is 5.57. The number of hydrogen-bond acceptors (Lipinski definition) is 3. The zero-order valence-electron chi connectivity index (χ0n) is 12.5. The minimum absolute atomic E-state index is 0.294. The number of sulfone groups is 1. The molecule has 0 spiro atoms. The molecule has 0 aliphatic heterocycles. The highest BCUT2D eigenvalue weighted by Crippen LogP contribution is 2.32. The molecule has 130 valence electrons. The monoisotopic (exact) mass is 378 g/mol. The molecule has 8 heteroatoms. The standard InChI is InChI=1S/C16H14ClF3O3S/c1-15(21,11-5-7-13(17)8-6-11)10-24(22,23)14-4-2-3-12(9-14)16(18,19)20/h2-9,21H,10H2,1H3/t15-/m0/s1. The predicted octanol–water partition coefficient (Wildman–Crippen LogP) is 4.04. The summed E-state index contributed by atoms with van der Waals surface area (Å²) in [5.41, 5.74) is -2.55. The zero-order chi connectivity index (χ0) is 18.2. The van der Waals surface area contributed by atoms with Crippen molar-refractivity contribution in [1.29, 1.82) is 0 Å². The van der Waals surface area contributed by atoms with Crippen LogP contribution in [0.25, 0.3) is 0 Å². The van der Waals surface area contributed by atoms with Gasteiger partial charge in [-0.15, -0.1) is 0 Å². The van der Waals surface area contributed by atoms with Crippen LogP contribution in [0.15, 0.2) is 53.4 Å². The Morgan fingerprint density at radius 1 is 1.04 bits per heavy atom. The highest BCUT2D eigenvalue weighted by Gasteiger charge is 2.34. The topological polar surface area (TPSA) is 54.4 Å². The first-order valence-corrected chi connectivity index (χ1v) is 8.83. The zero-order valence-corrected chi connectivity index (χ0v) is 14.1. The van der Waals surface area contributed by atoms with E-state index in [1.807, 2.05) is 0 Å². The van der Waals surface area contributed by atoms with E-state index in [9.17, 15) is 26.7 Å². The summed E-state index contributed by atoms with van der Waals surface area (Å²) in [7, 11) is -4.14. The van der Waals surface area contributed by atoms with E-state index in [1.165, 1.54) is 31.2 Å². The molecule has 2 rings (SSSR count). The molecule has 2 aromatic carbocycles. The molecule has 0 unspecified atom stereocenters. The average molecular weight is 379 g/mol. The van der Waals surface area contributed by atoms with Crippen LogP contribution in [-0.4, -0.2) is 19.3 Å². The molecular formula is C16H14ClF3O3S. The number of hydrogen-bond donors (Lipinski definition) is 1. The molecule has 0 radical (unpaired) electrons. The molecular weight excluding hydrogens is 365 g/mol. The molecule has 0 aliphatic rings. The van der Waals surface area contributed by atoms with Crippen molar-refractivity contribution in [3.63, 3.8) is 0 Å². The van der Waals surface area contributed by atoms with Gasteiger partial charge in [-0.05, 0) is 42.8 Å². The van der Waals surface area contributed by atoms with Crippen molar-refractivity contribution >= 4 is 21.4 Å². The van der Waals surface area contributed by atoms with Crippen molar-refractivity contribution in [2.24, 2.45) is 0 Å². The minimum Gasteiger partial charge on any atom is -0.384 e. The van der Waals surface area contributed by atoms with Crippen LogP contribution in [0.3, 0.4) is 0 Å². The van der Waals surface area contributed by atoms with Crippen molar-refractivity contribution in [3.05, 3.63) is 64.7 Å². The maximum absolute atomic E-state index is 12.7. The number of halogens is 4. The molecule has 2 aromatic rings. The summed E-state index contributed by atoms with van der Waals surface area (Å²) in [6.45, 7) is 1.28. The lowest BCUT2D eigenvalue weighted by Crippen LogP contribution is -2.31. The summed E-state index contributed by atoms with van der Waals surface area (Å²) in [5.74, 6) is -0.761. The number of rotatable bonds is 4. The molecule has 0 saturated carbocycles. The van der Waals surface area contributed by atoms with Crippen LogP contribution in [0, 0.1) is 0 Å². The quantitative estimate of drug-likeness (QED) is 0.873. The molecule has 24 heavy (non-hydrogen) atoms. The van der Waals surface area contributed by atoms with Crippen molar-refractivity contribution in [1.82, 2.24) is 0 Å². The number of benzene rings is 2. The number of alkyl halides is 3. The van der Waals surface area contributed by atoms with E-state index in [1.54, 1.807) is 0 Å². The Hall–Kier alpha value is -1.57. The van der Waals surface area contributed by atoms with Crippen molar-refractivity contribution in [3.8, 4) is 0 Å². The molecule has 0 heterocycles. The van der Waals surface area contributed by atoms with Gasteiger partial charge in [0.15, 0.2) is 9.84 Å². The van der Waals surface area contributed by atoms with Crippen molar-refractivity contribution < 1.29 is 26.7 Å². The lowest BCUT2D eigenvalue weighted by Gasteiger charge is -2.24. The third kappa shape index (κ3) is 4.28. The predicted molar refractivity (Wildman–Crippen MR) is 84.5 cm³/mol. The Balaban J connectivity index is 2.36. The maximum Gasteiger partial charge on any atom is 0.416 e. The largest absolute Gasteiger partial charge is 0.416 e. The average Bonchev–Trinajstić information content (AvgIpc) is 2.46. The SMILES string of the molecule is C[C@](O)(CS(=O)(=O)c1cccc(C(F)(F)F)c1)c1ccc(Cl)cc1. The first-order chi connectivity index (χ1) is 10.9. The molecule has 0 saturated heterocycles. The van der Waals surface area contributed by atoms with Crippen LogP contribution in [0.1, 0.15) is 18.1 Å². The molecule has 0 amide bonds. The Morgan fingerprint density at radius 3 is 2.17 bits per heavy atom. The summed E-state index contributed by atoms with van der Waals surface area (Å²) < 4.78 is 63.0. The van der Waals surface area contributed by atoms with Gasteiger partial charge in [0.1, 0.15) is 5.60 Å². The molecule has 0 bridgehead atoms. The number of aliphatic hydroxyl groups is 1. The van der Waals surface area contributed by atoms with E-state index in [2.05, 4.69) is 0 Å². The van der Waals surface area contributed by atoms with Gasteiger partial charge < -0.3 is 5.11 Å².